The zero-order chi connectivity index (χ0) is 13.6. The summed E-state index contributed by atoms with van der Waals surface area (Å²) in [4.78, 5) is 0. The van der Waals surface area contributed by atoms with Crippen LogP contribution in [0.2, 0.25) is 0 Å². The van der Waals surface area contributed by atoms with Gasteiger partial charge >= 0.3 is 0 Å². The Balaban J connectivity index is 2.54. The minimum Gasteiger partial charge on any atom is -0.493 e. The average Bonchev–Trinajstić information content (AvgIpc) is 2.33. The van der Waals surface area contributed by atoms with Crippen molar-refractivity contribution in [1.82, 2.24) is 0 Å². The number of aliphatic hydroxyl groups excluding tert-OH is 1. The quantitative estimate of drug-likeness (QED) is 0.792. The van der Waals surface area contributed by atoms with Crippen molar-refractivity contribution in [2.24, 2.45) is 0 Å². The molecule has 0 aliphatic carbocycles. The van der Waals surface area contributed by atoms with Crippen molar-refractivity contribution in [3.8, 4) is 11.5 Å². The third kappa shape index (κ3) is 4.94. The molecule has 0 aliphatic rings. The van der Waals surface area contributed by atoms with Gasteiger partial charge in [-0.05, 0) is 38.5 Å². The molecule has 1 aromatic carbocycles. The second-order valence-electron chi connectivity index (χ2n) is 4.95. The maximum absolute atomic E-state index is 9.08. The Morgan fingerprint density at radius 3 is 2.39 bits per heavy atom. The molecule has 0 saturated heterocycles. The van der Waals surface area contributed by atoms with Gasteiger partial charge in [0.1, 0.15) is 6.61 Å². The van der Waals surface area contributed by atoms with E-state index in [9.17, 15) is 0 Å². The van der Waals surface area contributed by atoms with Gasteiger partial charge in [-0.2, -0.15) is 0 Å². The molecule has 0 fully saturated rings. The standard InChI is InChI=1S/C14H22O4/c1-14(2,3)18-8-7-17-13-9-11(10-15)5-6-12(13)16-4/h5-6,9,15H,7-8,10H2,1-4H3. The minimum absolute atomic E-state index is 0.0150. The Kier molecular flexibility index (Phi) is 5.44. The summed E-state index contributed by atoms with van der Waals surface area (Å²) in [6.07, 6.45) is 0. The lowest BCUT2D eigenvalue weighted by atomic mass is 10.2. The van der Waals surface area contributed by atoms with E-state index in [0.29, 0.717) is 24.7 Å². The first-order chi connectivity index (χ1) is 8.46. The molecule has 0 unspecified atom stereocenters. The summed E-state index contributed by atoms with van der Waals surface area (Å²) in [5.41, 5.74) is 0.628. The summed E-state index contributed by atoms with van der Waals surface area (Å²) in [6, 6.07) is 5.36. The van der Waals surface area contributed by atoms with Gasteiger partial charge in [0.25, 0.3) is 0 Å². The van der Waals surface area contributed by atoms with Gasteiger partial charge in [0.2, 0.25) is 0 Å². The Morgan fingerprint density at radius 1 is 1.11 bits per heavy atom. The van der Waals surface area contributed by atoms with Gasteiger partial charge in [-0.3, -0.25) is 0 Å². The van der Waals surface area contributed by atoms with E-state index in [-0.39, 0.29) is 12.2 Å². The fraction of sp³-hybridized carbons (Fsp3) is 0.571. The molecule has 0 atom stereocenters. The topological polar surface area (TPSA) is 47.9 Å². The van der Waals surface area contributed by atoms with Crippen LogP contribution >= 0.6 is 0 Å². The Labute approximate surface area is 108 Å². The molecule has 0 aliphatic heterocycles. The highest BCUT2D eigenvalue weighted by Crippen LogP contribution is 2.28. The summed E-state index contributed by atoms with van der Waals surface area (Å²) >= 11 is 0. The van der Waals surface area contributed by atoms with E-state index in [2.05, 4.69) is 0 Å². The maximum Gasteiger partial charge on any atom is 0.161 e. The molecule has 4 heteroatoms. The first-order valence-electron chi connectivity index (χ1n) is 6.01. The smallest absolute Gasteiger partial charge is 0.161 e. The molecular weight excluding hydrogens is 232 g/mol. The summed E-state index contributed by atoms with van der Waals surface area (Å²) in [5.74, 6) is 1.28. The zero-order valence-corrected chi connectivity index (χ0v) is 11.5. The maximum atomic E-state index is 9.08. The molecule has 102 valence electrons. The first-order valence-corrected chi connectivity index (χ1v) is 6.01. The number of hydrogen-bond donors (Lipinski definition) is 1. The normalized spacial score (nSPS) is 11.4. The summed E-state index contributed by atoms with van der Waals surface area (Å²) < 4.78 is 16.4. The lowest BCUT2D eigenvalue weighted by molar-refractivity contribution is -0.0165. The van der Waals surface area contributed by atoms with E-state index >= 15 is 0 Å². The lowest BCUT2D eigenvalue weighted by Crippen LogP contribution is -2.22. The van der Waals surface area contributed by atoms with Crippen LogP contribution in [-0.2, 0) is 11.3 Å². The molecule has 4 nitrogen and oxygen atoms in total. The third-order valence-electron chi connectivity index (χ3n) is 2.29. The number of ether oxygens (including phenoxy) is 3. The van der Waals surface area contributed by atoms with Crippen molar-refractivity contribution < 1.29 is 19.3 Å². The predicted octanol–water partition coefficient (Wildman–Crippen LogP) is 2.38. The molecule has 1 aromatic rings. The second-order valence-corrected chi connectivity index (χ2v) is 4.95. The van der Waals surface area contributed by atoms with Gasteiger partial charge in [0, 0.05) is 0 Å². The summed E-state index contributed by atoms with van der Waals surface area (Å²) in [7, 11) is 1.59. The van der Waals surface area contributed by atoms with Gasteiger partial charge < -0.3 is 19.3 Å². The van der Waals surface area contributed by atoms with E-state index in [4.69, 9.17) is 19.3 Å². The van der Waals surface area contributed by atoms with Gasteiger partial charge in [-0.1, -0.05) is 6.07 Å². The average molecular weight is 254 g/mol. The third-order valence-corrected chi connectivity index (χ3v) is 2.29. The van der Waals surface area contributed by atoms with Gasteiger partial charge in [-0.25, -0.2) is 0 Å². The van der Waals surface area contributed by atoms with Crippen molar-refractivity contribution >= 4 is 0 Å². The Morgan fingerprint density at radius 2 is 1.83 bits per heavy atom. The van der Waals surface area contributed by atoms with Crippen LogP contribution in [0.4, 0.5) is 0 Å². The van der Waals surface area contributed by atoms with Crippen molar-refractivity contribution in [3.05, 3.63) is 23.8 Å². The number of aliphatic hydroxyl groups is 1. The molecule has 0 radical (unpaired) electrons. The van der Waals surface area contributed by atoms with Crippen LogP contribution in [0.1, 0.15) is 26.3 Å². The Bertz CT molecular complexity index is 369. The predicted molar refractivity (Wildman–Crippen MR) is 70.1 cm³/mol. The zero-order valence-electron chi connectivity index (χ0n) is 11.5. The van der Waals surface area contributed by atoms with Gasteiger partial charge in [0.15, 0.2) is 11.5 Å². The van der Waals surface area contributed by atoms with Crippen molar-refractivity contribution in [3.63, 3.8) is 0 Å². The van der Waals surface area contributed by atoms with Crippen LogP contribution in [0.25, 0.3) is 0 Å². The molecule has 0 amide bonds. The highest BCUT2D eigenvalue weighted by Gasteiger charge is 2.10. The highest BCUT2D eigenvalue weighted by molar-refractivity contribution is 5.42. The molecule has 1 N–H and O–H groups in total. The van der Waals surface area contributed by atoms with Crippen LogP contribution in [0, 0.1) is 0 Å². The van der Waals surface area contributed by atoms with Crippen molar-refractivity contribution in [1.29, 1.82) is 0 Å². The molecule has 0 aromatic heterocycles. The van der Waals surface area contributed by atoms with Crippen LogP contribution < -0.4 is 9.47 Å². The molecule has 18 heavy (non-hydrogen) atoms. The highest BCUT2D eigenvalue weighted by atomic mass is 16.5. The number of rotatable bonds is 6. The Hall–Kier alpha value is -1.26. The van der Waals surface area contributed by atoms with Crippen molar-refractivity contribution in [2.45, 2.75) is 33.0 Å². The largest absolute Gasteiger partial charge is 0.493 e. The van der Waals surface area contributed by atoms with E-state index in [0.717, 1.165) is 5.56 Å². The molecular formula is C14H22O4. The lowest BCUT2D eigenvalue weighted by Gasteiger charge is -2.20. The monoisotopic (exact) mass is 254 g/mol. The van der Waals surface area contributed by atoms with Gasteiger partial charge in [0.05, 0.1) is 25.9 Å². The van der Waals surface area contributed by atoms with Crippen LogP contribution in [-0.4, -0.2) is 31.0 Å². The molecule has 1 rings (SSSR count). The van der Waals surface area contributed by atoms with Gasteiger partial charge in [-0.15, -0.1) is 0 Å². The van der Waals surface area contributed by atoms with Crippen LogP contribution in [0.3, 0.4) is 0 Å². The second kappa shape index (κ2) is 6.61. The van der Waals surface area contributed by atoms with E-state index < -0.39 is 0 Å². The molecule has 0 heterocycles. The van der Waals surface area contributed by atoms with E-state index in [1.807, 2.05) is 20.8 Å². The number of methoxy groups -OCH3 is 1. The molecule has 0 saturated carbocycles. The first kappa shape index (κ1) is 14.8. The SMILES string of the molecule is COc1ccc(CO)cc1OCCOC(C)(C)C. The van der Waals surface area contributed by atoms with Crippen LogP contribution in [0.15, 0.2) is 18.2 Å². The van der Waals surface area contributed by atoms with Crippen LogP contribution in [0.5, 0.6) is 11.5 Å². The van der Waals surface area contributed by atoms with Crippen molar-refractivity contribution in [2.75, 3.05) is 20.3 Å². The summed E-state index contributed by atoms with van der Waals surface area (Å²) in [5, 5.41) is 9.08. The fourth-order valence-electron chi connectivity index (χ4n) is 1.43. The number of benzene rings is 1. The van der Waals surface area contributed by atoms with E-state index in [1.54, 1.807) is 25.3 Å². The minimum atomic E-state index is -0.166. The van der Waals surface area contributed by atoms with E-state index in [1.165, 1.54) is 0 Å². The molecule has 0 spiro atoms. The number of hydrogen-bond acceptors (Lipinski definition) is 4. The molecule has 0 bridgehead atoms. The summed E-state index contributed by atoms with van der Waals surface area (Å²) in [6.45, 7) is 6.94. The fourth-order valence-corrected chi connectivity index (χ4v) is 1.43.